The topological polar surface area (TPSA) is 57.8 Å². The van der Waals surface area contributed by atoms with Crippen LogP contribution in [0.5, 0.6) is 0 Å². The van der Waals surface area contributed by atoms with Crippen molar-refractivity contribution < 1.29 is 0 Å². The van der Waals surface area contributed by atoms with Crippen LogP contribution < -0.4 is 10.9 Å². The molecule has 1 aliphatic heterocycles. The summed E-state index contributed by atoms with van der Waals surface area (Å²) in [6, 6.07) is 1.52. The molecule has 1 atom stereocenters. The maximum Gasteiger partial charge on any atom is 0.251 e. The van der Waals surface area contributed by atoms with E-state index in [9.17, 15) is 4.79 Å². The van der Waals surface area contributed by atoms with E-state index in [1.54, 1.807) is 11.8 Å². The monoisotopic (exact) mass is 225 g/mol. The van der Waals surface area contributed by atoms with Crippen molar-refractivity contribution in [3.05, 3.63) is 22.1 Å². The first-order valence-electron chi connectivity index (χ1n) is 5.19. The van der Waals surface area contributed by atoms with Gasteiger partial charge in [0, 0.05) is 23.6 Å². The number of nitrogens with one attached hydrogen (secondary N) is 2. The first-order valence-corrected chi connectivity index (χ1v) is 6.07. The van der Waals surface area contributed by atoms with Gasteiger partial charge in [-0.15, -0.1) is 0 Å². The molecule has 82 valence electrons. The van der Waals surface area contributed by atoms with Crippen molar-refractivity contribution in [1.82, 2.24) is 15.3 Å². The van der Waals surface area contributed by atoms with Gasteiger partial charge in [-0.2, -0.15) is 0 Å². The Morgan fingerprint density at radius 1 is 1.60 bits per heavy atom. The normalized spacial score (nSPS) is 21.5. The number of aromatic amines is 1. The molecule has 1 aliphatic rings. The van der Waals surface area contributed by atoms with E-state index in [4.69, 9.17) is 0 Å². The maximum absolute atomic E-state index is 11.2. The number of aromatic nitrogens is 2. The third-order valence-corrected chi connectivity index (χ3v) is 3.53. The summed E-state index contributed by atoms with van der Waals surface area (Å²) in [6.07, 6.45) is 2.39. The van der Waals surface area contributed by atoms with Crippen LogP contribution in [0.15, 0.2) is 16.0 Å². The molecule has 5 heteroatoms. The van der Waals surface area contributed by atoms with Gasteiger partial charge in [-0.3, -0.25) is 4.79 Å². The summed E-state index contributed by atoms with van der Waals surface area (Å²) < 4.78 is 0. The first-order chi connectivity index (χ1) is 7.24. The van der Waals surface area contributed by atoms with Crippen LogP contribution in [0.1, 0.15) is 18.5 Å². The number of hydrogen-bond donors (Lipinski definition) is 2. The molecule has 0 saturated carbocycles. The van der Waals surface area contributed by atoms with E-state index in [0.29, 0.717) is 5.25 Å². The fraction of sp³-hybridized carbons (Fsp3) is 0.600. The second-order valence-corrected chi connectivity index (χ2v) is 5.07. The minimum absolute atomic E-state index is 0.0613. The van der Waals surface area contributed by atoms with Gasteiger partial charge < -0.3 is 10.3 Å². The number of piperidine rings is 1. The lowest BCUT2D eigenvalue weighted by Gasteiger charge is -2.21. The van der Waals surface area contributed by atoms with Gasteiger partial charge in [0.15, 0.2) is 5.16 Å². The highest BCUT2D eigenvalue weighted by Gasteiger charge is 2.15. The summed E-state index contributed by atoms with van der Waals surface area (Å²) in [7, 11) is 0. The van der Waals surface area contributed by atoms with E-state index < -0.39 is 0 Å². The van der Waals surface area contributed by atoms with Gasteiger partial charge in [0.25, 0.3) is 5.56 Å². The molecule has 0 amide bonds. The highest BCUT2D eigenvalue weighted by atomic mass is 32.2. The van der Waals surface area contributed by atoms with Gasteiger partial charge in [0.05, 0.1) is 0 Å². The lowest BCUT2D eigenvalue weighted by Crippen LogP contribution is -2.31. The zero-order valence-corrected chi connectivity index (χ0v) is 9.56. The minimum atomic E-state index is -0.0613. The molecule has 0 bridgehead atoms. The van der Waals surface area contributed by atoms with Crippen molar-refractivity contribution in [1.29, 1.82) is 0 Å². The molecule has 2 heterocycles. The average molecular weight is 225 g/mol. The third-order valence-electron chi connectivity index (χ3n) is 2.38. The lowest BCUT2D eigenvalue weighted by molar-refractivity contribution is 0.530. The van der Waals surface area contributed by atoms with E-state index in [-0.39, 0.29) is 5.56 Å². The van der Waals surface area contributed by atoms with Gasteiger partial charge in [-0.05, 0) is 26.3 Å². The molecule has 0 aromatic carbocycles. The molecule has 0 spiro atoms. The molecule has 0 radical (unpaired) electrons. The Morgan fingerprint density at radius 3 is 3.13 bits per heavy atom. The number of rotatable bonds is 2. The predicted molar refractivity (Wildman–Crippen MR) is 61.3 cm³/mol. The number of H-pyrrole nitrogens is 1. The summed E-state index contributed by atoms with van der Waals surface area (Å²) >= 11 is 1.66. The van der Waals surface area contributed by atoms with Crippen LogP contribution in [0.25, 0.3) is 0 Å². The van der Waals surface area contributed by atoms with Gasteiger partial charge >= 0.3 is 0 Å². The Kier molecular flexibility index (Phi) is 3.43. The molecule has 1 aromatic rings. The Morgan fingerprint density at radius 2 is 2.47 bits per heavy atom. The van der Waals surface area contributed by atoms with Crippen molar-refractivity contribution >= 4 is 11.8 Å². The Hall–Kier alpha value is -0.810. The van der Waals surface area contributed by atoms with E-state index in [1.807, 2.05) is 6.92 Å². The zero-order valence-electron chi connectivity index (χ0n) is 8.75. The molecule has 1 saturated heterocycles. The summed E-state index contributed by atoms with van der Waals surface area (Å²) in [5, 5.41) is 4.62. The minimum Gasteiger partial charge on any atom is -0.316 e. The van der Waals surface area contributed by atoms with Crippen LogP contribution in [0.2, 0.25) is 0 Å². The van der Waals surface area contributed by atoms with Gasteiger partial charge in [0.1, 0.15) is 0 Å². The van der Waals surface area contributed by atoms with Crippen LogP contribution >= 0.6 is 11.8 Å². The quantitative estimate of drug-likeness (QED) is 0.735. The van der Waals surface area contributed by atoms with Crippen LogP contribution in [0.3, 0.4) is 0 Å². The fourth-order valence-corrected chi connectivity index (χ4v) is 2.84. The number of thioether (sulfide) groups is 1. The van der Waals surface area contributed by atoms with Crippen LogP contribution in [0, 0.1) is 6.92 Å². The van der Waals surface area contributed by atoms with Gasteiger partial charge in [-0.1, -0.05) is 11.8 Å². The summed E-state index contributed by atoms with van der Waals surface area (Å²) in [5.74, 6) is 0. The molecule has 2 rings (SSSR count). The van der Waals surface area contributed by atoms with E-state index in [0.717, 1.165) is 23.9 Å². The smallest absolute Gasteiger partial charge is 0.251 e. The van der Waals surface area contributed by atoms with E-state index in [1.165, 1.54) is 18.9 Å². The summed E-state index contributed by atoms with van der Waals surface area (Å²) in [6.45, 7) is 3.95. The van der Waals surface area contributed by atoms with Crippen molar-refractivity contribution in [2.24, 2.45) is 0 Å². The maximum atomic E-state index is 11.2. The summed E-state index contributed by atoms with van der Waals surface area (Å²) in [5.41, 5.74) is 0.721. The fourth-order valence-electron chi connectivity index (χ4n) is 1.69. The van der Waals surface area contributed by atoms with E-state index >= 15 is 0 Å². The number of nitrogens with zero attached hydrogens (tertiary/aromatic N) is 1. The largest absolute Gasteiger partial charge is 0.316 e. The van der Waals surface area contributed by atoms with Crippen molar-refractivity contribution in [2.75, 3.05) is 13.1 Å². The van der Waals surface area contributed by atoms with Crippen LogP contribution in [-0.4, -0.2) is 28.3 Å². The predicted octanol–water partition coefficient (Wildman–Crippen LogP) is 0.922. The van der Waals surface area contributed by atoms with Crippen LogP contribution in [-0.2, 0) is 0 Å². The SMILES string of the molecule is Cc1cc(=O)[nH]c(SC2CCCNC2)n1. The zero-order chi connectivity index (χ0) is 10.7. The number of hydrogen-bond acceptors (Lipinski definition) is 4. The molecule has 1 fully saturated rings. The lowest BCUT2D eigenvalue weighted by atomic mass is 10.2. The van der Waals surface area contributed by atoms with Crippen LogP contribution in [0.4, 0.5) is 0 Å². The molecule has 15 heavy (non-hydrogen) atoms. The van der Waals surface area contributed by atoms with Crippen molar-refractivity contribution in [3.8, 4) is 0 Å². The molecule has 2 N–H and O–H groups in total. The Balaban J connectivity index is 2.06. The molecular formula is C10H15N3OS. The van der Waals surface area contributed by atoms with Gasteiger partial charge in [-0.25, -0.2) is 4.98 Å². The molecule has 1 aromatic heterocycles. The van der Waals surface area contributed by atoms with E-state index in [2.05, 4.69) is 15.3 Å². The second kappa shape index (κ2) is 4.81. The molecule has 0 aliphatic carbocycles. The first kappa shape index (κ1) is 10.7. The highest BCUT2D eigenvalue weighted by Crippen LogP contribution is 2.23. The molecular weight excluding hydrogens is 210 g/mol. The average Bonchev–Trinajstić information content (AvgIpc) is 2.17. The summed E-state index contributed by atoms with van der Waals surface area (Å²) in [4.78, 5) is 18.3. The third kappa shape index (κ3) is 3.07. The van der Waals surface area contributed by atoms with Gasteiger partial charge in [0.2, 0.25) is 0 Å². The highest BCUT2D eigenvalue weighted by molar-refractivity contribution is 7.99. The van der Waals surface area contributed by atoms with Crippen molar-refractivity contribution in [3.63, 3.8) is 0 Å². The molecule has 1 unspecified atom stereocenters. The Labute approximate surface area is 92.9 Å². The Bertz CT molecular complexity index is 384. The standard InChI is InChI=1S/C10H15N3OS/c1-7-5-9(14)13-10(12-7)15-8-3-2-4-11-6-8/h5,8,11H,2-4,6H2,1H3,(H,12,13,14). The second-order valence-electron chi connectivity index (χ2n) is 3.78. The van der Waals surface area contributed by atoms with Crippen molar-refractivity contribution in [2.45, 2.75) is 30.2 Å². The number of aryl methyl sites for hydroxylation is 1. The molecule has 4 nitrogen and oxygen atoms in total.